The van der Waals surface area contributed by atoms with E-state index in [2.05, 4.69) is 26.3 Å². The Morgan fingerprint density at radius 3 is 2.59 bits per heavy atom. The summed E-state index contributed by atoms with van der Waals surface area (Å²) in [4.78, 5) is 27.8. The number of nitrogens with one attached hydrogen (secondary N) is 2. The number of aromatic amines is 1. The van der Waals surface area contributed by atoms with Gasteiger partial charge in [-0.1, -0.05) is 29.8 Å². The zero-order valence-corrected chi connectivity index (χ0v) is 19.3. The monoisotopic (exact) mass is 472 g/mol. The van der Waals surface area contributed by atoms with Gasteiger partial charge in [-0.25, -0.2) is 9.97 Å². The molecule has 6 rings (SSSR count). The van der Waals surface area contributed by atoms with Crippen molar-refractivity contribution in [3.63, 3.8) is 0 Å². The van der Waals surface area contributed by atoms with Gasteiger partial charge in [-0.05, 0) is 56.0 Å². The lowest BCUT2D eigenvalue weighted by Crippen LogP contribution is -2.49. The summed E-state index contributed by atoms with van der Waals surface area (Å²) in [5.74, 6) is 0.655. The second-order valence-electron chi connectivity index (χ2n) is 9.17. The predicted molar refractivity (Wildman–Crippen MR) is 135 cm³/mol. The minimum absolute atomic E-state index is 0.0929. The number of piperidine rings is 1. The molecule has 8 heteroatoms. The van der Waals surface area contributed by atoms with Crippen LogP contribution < -0.4 is 11.1 Å². The number of hydrogen-bond acceptors (Lipinski definition) is 5. The Morgan fingerprint density at radius 1 is 1.09 bits per heavy atom. The van der Waals surface area contributed by atoms with Gasteiger partial charge in [0.25, 0.3) is 5.91 Å². The third-order valence-corrected chi connectivity index (χ3v) is 7.32. The molecular formula is C26H25ClN6O. The second kappa shape index (κ2) is 8.33. The molecule has 2 aromatic carbocycles. The molecule has 2 aliphatic heterocycles. The molecular weight excluding hydrogens is 448 g/mol. The minimum Gasteiger partial charge on any atom is -0.399 e. The van der Waals surface area contributed by atoms with E-state index in [-0.39, 0.29) is 24.0 Å². The molecule has 2 aliphatic rings. The fraction of sp³-hybridized carbons (Fsp3) is 0.269. The topological polar surface area (TPSA) is 99.9 Å². The van der Waals surface area contributed by atoms with Gasteiger partial charge in [0.05, 0.1) is 16.9 Å². The van der Waals surface area contributed by atoms with Crippen LogP contribution in [0.2, 0.25) is 5.02 Å². The van der Waals surface area contributed by atoms with Gasteiger partial charge in [0, 0.05) is 52.0 Å². The molecule has 4 aromatic rings. The second-order valence-corrected chi connectivity index (χ2v) is 9.58. The highest BCUT2D eigenvalue weighted by Crippen LogP contribution is 2.38. The van der Waals surface area contributed by atoms with E-state index in [1.54, 1.807) is 18.3 Å². The van der Waals surface area contributed by atoms with E-state index in [0.717, 1.165) is 42.1 Å². The van der Waals surface area contributed by atoms with E-state index in [0.29, 0.717) is 27.9 Å². The summed E-state index contributed by atoms with van der Waals surface area (Å²) in [5, 5.41) is 5.10. The molecule has 4 heterocycles. The van der Waals surface area contributed by atoms with E-state index >= 15 is 0 Å². The Hall–Kier alpha value is -3.58. The number of nitrogens with zero attached hydrogens (tertiary/aromatic N) is 3. The molecule has 0 radical (unpaired) electrons. The first-order valence-corrected chi connectivity index (χ1v) is 12.0. The van der Waals surface area contributed by atoms with Crippen LogP contribution in [-0.4, -0.2) is 43.9 Å². The molecule has 0 saturated carbocycles. The number of H-pyrrole nitrogens is 1. The van der Waals surface area contributed by atoms with E-state index in [9.17, 15) is 4.79 Å². The number of hydrogen-bond donors (Lipinski definition) is 3. The number of rotatable bonds is 4. The molecule has 3 atom stereocenters. The van der Waals surface area contributed by atoms with Gasteiger partial charge in [0.15, 0.2) is 0 Å². The zero-order valence-electron chi connectivity index (χ0n) is 18.5. The number of para-hydroxylation sites is 1. The maximum Gasteiger partial charge on any atom is 0.254 e. The number of amides is 1. The number of carbonyl (C=O) groups is 1. The molecule has 0 aliphatic carbocycles. The average Bonchev–Trinajstić information content (AvgIpc) is 3.39. The highest BCUT2D eigenvalue weighted by Gasteiger charge is 2.43. The highest BCUT2D eigenvalue weighted by atomic mass is 35.5. The molecule has 2 aromatic heterocycles. The number of carbonyl (C=O) groups excluding carboxylic acids is 1. The van der Waals surface area contributed by atoms with Crippen molar-refractivity contribution < 1.29 is 4.79 Å². The lowest BCUT2D eigenvalue weighted by Gasteiger charge is -2.39. The highest BCUT2D eigenvalue weighted by molar-refractivity contribution is 6.33. The largest absolute Gasteiger partial charge is 0.399 e. The van der Waals surface area contributed by atoms with Crippen LogP contribution >= 0.6 is 11.6 Å². The average molecular weight is 473 g/mol. The van der Waals surface area contributed by atoms with Crippen molar-refractivity contribution in [3.8, 4) is 11.3 Å². The predicted octanol–water partition coefficient (Wildman–Crippen LogP) is 5.11. The fourth-order valence-corrected chi connectivity index (χ4v) is 5.67. The third-order valence-electron chi connectivity index (χ3n) is 7.05. The summed E-state index contributed by atoms with van der Waals surface area (Å²) in [6, 6.07) is 15.9. The van der Waals surface area contributed by atoms with Gasteiger partial charge in [0.1, 0.15) is 0 Å². The number of halogens is 1. The first-order chi connectivity index (χ1) is 16.6. The molecule has 0 unspecified atom stereocenters. The summed E-state index contributed by atoms with van der Waals surface area (Å²) in [5.41, 5.74) is 9.84. The van der Waals surface area contributed by atoms with Crippen molar-refractivity contribution in [2.75, 3.05) is 11.1 Å². The Bertz CT molecular complexity index is 1350. The van der Waals surface area contributed by atoms with E-state index in [1.807, 2.05) is 36.5 Å². The molecule has 1 amide bonds. The normalized spacial score (nSPS) is 21.7. The number of benzene rings is 2. The molecule has 172 valence electrons. The molecule has 0 spiro atoms. The summed E-state index contributed by atoms with van der Waals surface area (Å²) >= 11 is 6.49. The van der Waals surface area contributed by atoms with Gasteiger partial charge >= 0.3 is 0 Å². The summed E-state index contributed by atoms with van der Waals surface area (Å²) < 4.78 is 0. The Kier molecular flexibility index (Phi) is 5.14. The van der Waals surface area contributed by atoms with Crippen LogP contribution in [0.25, 0.3) is 22.2 Å². The van der Waals surface area contributed by atoms with Gasteiger partial charge in [-0.3, -0.25) is 4.79 Å². The molecule has 2 saturated heterocycles. The summed E-state index contributed by atoms with van der Waals surface area (Å²) in [6.07, 6.45) is 7.36. The van der Waals surface area contributed by atoms with E-state index in [4.69, 9.17) is 22.3 Å². The van der Waals surface area contributed by atoms with Crippen LogP contribution in [0.5, 0.6) is 0 Å². The zero-order chi connectivity index (χ0) is 23.2. The van der Waals surface area contributed by atoms with Gasteiger partial charge in [-0.15, -0.1) is 0 Å². The molecule has 2 fully saturated rings. The van der Waals surface area contributed by atoms with Crippen LogP contribution in [0.1, 0.15) is 36.0 Å². The number of aromatic nitrogens is 3. The van der Waals surface area contributed by atoms with Crippen molar-refractivity contribution in [2.45, 2.75) is 43.8 Å². The van der Waals surface area contributed by atoms with E-state index < -0.39 is 0 Å². The van der Waals surface area contributed by atoms with Crippen LogP contribution in [0.15, 0.2) is 60.9 Å². The Morgan fingerprint density at radius 2 is 1.82 bits per heavy atom. The smallest absolute Gasteiger partial charge is 0.254 e. The third kappa shape index (κ3) is 3.66. The van der Waals surface area contributed by atoms with Crippen molar-refractivity contribution in [1.82, 2.24) is 19.9 Å². The van der Waals surface area contributed by atoms with Crippen LogP contribution in [0, 0.1) is 0 Å². The Balaban J connectivity index is 1.21. The number of nitrogens with two attached hydrogens (primary N) is 1. The van der Waals surface area contributed by atoms with Crippen LogP contribution in [0.4, 0.5) is 11.6 Å². The lowest BCUT2D eigenvalue weighted by molar-refractivity contribution is 0.0583. The fourth-order valence-electron chi connectivity index (χ4n) is 5.48. The van der Waals surface area contributed by atoms with Crippen LogP contribution in [0.3, 0.4) is 0 Å². The first-order valence-electron chi connectivity index (χ1n) is 11.6. The lowest BCUT2D eigenvalue weighted by atomic mass is 9.96. The van der Waals surface area contributed by atoms with Gasteiger partial charge in [0.2, 0.25) is 5.95 Å². The van der Waals surface area contributed by atoms with E-state index in [1.165, 1.54) is 0 Å². The maximum absolute atomic E-state index is 13.2. The molecule has 4 N–H and O–H groups in total. The Labute approximate surface area is 202 Å². The van der Waals surface area contributed by atoms with Crippen molar-refractivity contribution >= 4 is 40.0 Å². The number of nitrogen functional groups attached to an aromatic ring is 1. The minimum atomic E-state index is 0.0929. The molecule has 34 heavy (non-hydrogen) atoms. The van der Waals surface area contributed by atoms with Crippen molar-refractivity contribution in [1.29, 1.82) is 0 Å². The quantitative estimate of drug-likeness (QED) is 0.358. The first kappa shape index (κ1) is 21.0. The number of anilines is 2. The standard InChI is InChI=1S/C26H25ClN6O/c27-22-14-30-26(32-24(22)21-13-29-23-4-2-1-3-20(21)23)31-17-11-18-9-10-19(12-17)33(18)25(34)15-5-7-16(28)8-6-15/h1-8,13-14,17-19,29H,9-12,28H2,(H,30,31,32)/t17-,18-,19+. The van der Waals surface area contributed by atoms with Gasteiger partial charge in [-0.2, -0.15) is 0 Å². The summed E-state index contributed by atoms with van der Waals surface area (Å²) in [7, 11) is 0. The van der Waals surface area contributed by atoms with Crippen molar-refractivity contribution in [3.05, 3.63) is 71.5 Å². The van der Waals surface area contributed by atoms with Gasteiger partial charge < -0.3 is 20.9 Å². The number of fused-ring (bicyclic) bond motifs is 3. The van der Waals surface area contributed by atoms with Crippen LogP contribution in [-0.2, 0) is 0 Å². The van der Waals surface area contributed by atoms with Crippen molar-refractivity contribution in [2.24, 2.45) is 0 Å². The summed E-state index contributed by atoms with van der Waals surface area (Å²) in [6.45, 7) is 0. The molecule has 7 nitrogen and oxygen atoms in total. The SMILES string of the molecule is Nc1ccc(C(=O)N2[C@@H]3CC[C@H]2C[C@H](Nc2ncc(Cl)c(-c4c[nH]c5ccccc45)n2)C3)cc1. The maximum atomic E-state index is 13.2. The molecule has 2 bridgehead atoms.